The van der Waals surface area contributed by atoms with Crippen LogP contribution >= 0.6 is 11.6 Å². The van der Waals surface area contributed by atoms with Gasteiger partial charge >= 0.3 is 0 Å². The van der Waals surface area contributed by atoms with Gasteiger partial charge in [-0.2, -0.15) is 0 Å². The smallest absolute Gasteiger partial charge is 0.181 e. The molecule has 0 N–H and O–H groups in total. The Morgan fingerprint density at radius 2 is 2.17 bits per heavy atom. The Morgan fingerprint density at radius 1 is 1.50 bits per heavy atom. The lowest BCUT2D eigenvalue weighted by molar-refractivity contribution is 0.177. The quantitative estimate of drug-likeness (QED) is 0.667. The molecule has 0 saturated heterocycles. The minimum atomic E-state index is -0.573. The molecule has 1 aromatic rings. The highest BCUT2D eigenvalue weighted by molar-refractivity contribution is 6.29. The minimum absolute atomic E-state index is 0.158. The van der Waals surface area contributed by atoms with Crippen LogP contribution in [0.2, 0.25) is 5.15 Å². The summed E-state index contributed by atoms with van der Waals surface area (Å²) < 4.78 is 17.6. The summed E-state index contributed by atoms with van der Waals surface area (Å²) in [6, 6.07) is 0. The molecule has 1 heterocycles. The van der Waals surface area contributed by atoms with E-state index in [4.69, 9.17) is 16.3 Å². The number of ether oxygens (including phenoxy) is 1. The van der Waals surface area contributed by atoms with Crippen molar-refractivity contribution < 1.29 is 9.13 Å². The largest absolute Gasteiger partial charge is 0.377 e. The lowest BCUT2D eigenvalue weighted by Gasteiger charge is -2.01. The molecule has 1 aromatic heterocycles. The van der Waals surface area contributed by atoms with Crippen molar-refractivity contribution in [2.45, 2.75) is 13.5 Å². The molecule has 0 amide bonds. The lowest BCUT2D eigenvalue weighted by atomic mass is 10.4. The molecule has 12 heavy (non-hydrogen) atoms. The molecule has 3 nitrogen and oxygen atoms in total. The van der Waals surface area contributed by atoms with Crippen LogP contribution in [0.25, 0.3) is 0 Å². The van der Waals surface area contributed by atoms with Gasteiger partial charge in [-0.25, -0.2) is 14.4 Å². The van der Waals surface area contributed by atoms with E-state index in [-0.39, 0.29) is 17.5 Å². The van der Waals surface area contributed by atoms with Gasteiger partial charge in [0.25, 0.3) is 0 Å². The predicted molar refractivity (Wildman–Crippen MR) is 42.5 cm³/mol. The highest BCUT2D eigenvalue weighted by Crippen LogP contribution is 2.13. The highest BCUT2D eigenvalue weighted by Gasteiger charge is 2.08. The average Bonchev–Trinajstić information content (AvgIpc) is 2.01. The van der Waals surface area contributed by atoms with Crippen molar-refractivity contribution in [3.8, 4) is 0 Å². The Bertz CT molecular complexity index is 270. The first-order valence-electron chi connectivity index (χ1n) is 3.32. The third-order valence-corrected chi connectivity index (χ3v) is 1.55. The zero-order valence-corrected chi connectivity index (χ0v) is 7.52. The topological polar surface area (TPSA) is 35.0 Å². The summed E-state index contributed by atoms with van der Waals surface area (Å²) in [6.07, 6.45) is 0. The van der Waals surface area contributed by atoms with E-state index in [0.717, 1.165) is 0 Å². The lowest BCUT2D eigenvalue weighted by Crippen LogP contribution is -2.01. The van der Waals surface area contributed by atoms with Gasteiger partial charge in [-0.1, -0.05) is 11.6 Å². The Labute approximate surface area is 74.5 Å². The van der Waals surface area contributed by atoms with E-state index in [9.17, 15) is 4.39 Å². The number of aromatic nitrogens is 2. The van der Waals surface area contributed by atoms with Gasteiger partial charge in [0.15, 0.2) is 16.8 Å². The number of halogens is 2. The fraction of sp³-hybridized carbons (Fsp3) is 0.429. The second-order valence-electron chi connectivity index (χ2n) is 2.26. The molecule has 66 valence electrons. The van der Waals surface area contributed by atoms with Gasteiger partial charge in [-0.15, -0.1) is 0 Å². The van der Waals surface area contributed by atoms with Crippen molar-refractivity contribution >= 4 is 11.6 Å². The third-order valence-electron chi connectivity index (χ3n) is 1.30. The molecule has 0 aliphatic heterocycles. The van der Waals surface area contributed by atoms with Crippen LogP contribution in [-0.4, -0.2) is 17.1 Å². The second kappa shape index (κ2) is 3.78. The van der Waals surface area contributed by atoms with Crippen LogP contribution in [0.1, 0.15) is 11.5 Å². The van der Waals surface area contributed by atoms with E-state index in [1.165, 1.54) is 14.0 Å². The average molecular weight is 191 g/mol. The molecule has 0 saturated carbocycles. The second-order valence-corrected chi connectivity index (χ2v) is 2.62. The Hall–Kier alpha value is -0.740. The number of methoxy groups -OCH3 is 1. The van der Waals surface area contributed by atoms with Crippen LogP contribution in [-0.2, 0) is 11.3 Å². The maximum Gasteiger partial charge on any atom is 0.181 e. The van der Waals surface area contributed by atoms with Gasteiger partial charge in [-0.3, -0.25) is 0 Å². The Kier molecular flexibility index (Phi) is 2.94. The number of rotatable bonds is 2. The zero-order chi connectivity index (χ0) is 9.14. The van der Waals surface area contributed by atoms with Crippen molar-refractivity contribution in [3.63, 3.8) is 0 Å². The van der Waals surface area contributed by atoms with Gasteiger partial charge in [0.2, 0.25) is 0 Å². The monoisotopic (exact) mass is 190 g/mol. The van der Waals surface area contributed by atoms with Gasteiger partial charge in [0.05, 0.1) is 5.69 Å². The van der Waals surface area contributed by atoms with E-state index in [0.29, 0.717) is 5.82 Å². The Balaban J connectivity index is 3.04. The van der Waals surface area contributed by atoms with Crippen LogP contribution < -0.4 is 0 Å². The van der Waals surface area contributed by atoms with E-state index in [1.807, 2.05) is 0 Å². The molecule has 0 spiro atoms. The molecule has 0 aliphatic carbocycles. The molecule has 0 radical (unpaired) electrons. The fourth-order valence-electron chi connectivity index (χ4n) is 0.773. The maximum atomic E-state index is 12.9. The van der Waals surface area contributed by atoms with Crippen LogP contribution in [0.4, 0.5) is 4.39 Å². The van der Waals surface area contributed by atoms with Crippen molar-refractivity contribution in [1.82, 2.24) is 9.97 Å². The van der Waals surface area contributed by atoms with Crippen LogP contribution in [0, 0.1) is 12.7 Å². The first-order valence-corrected chi connectivity index (χ1v) is 3.70. The van der Waals surface area contributed by atoms with Crippen molar-refractivity contribution in [2.75, 3.05) is 7.11 Å². The molecule has 5 heteroatoms. The third kappa shape index (κ3) is 1.89. The molecular formula is C7H8ClFN2O. The van der Waals surface area contributed by atoms with E-state index in [1.54, 1.807) is 0 Å². The summed E-state index contributed by atoms with van der Waals surface area (Å²) in [6.45, 7) is 1.77. The van der Waals surface area contributed by atoms with Crippen molar-refractivity contribution in [2.24, 2.45) is 0 Å². The number of hydrogen-bond acceptors (Lipinski definition) is 3. The summed E-state index contributed by atoms with van der Waals surface area (Å²) in [5.74, 6) is -0.182. The van der Waals surface area contributed by atoms with Crippen molar-refractivity contribution in [1.29, 1.82) is 0 Å². The molecule has 0 aromatic carbocycles. The fourth-order valence-corrected chi connectivity index (χ4v) is 1.01. The summed E-state index contributed by atoms with van der Waals surface area (Å²) in [4.78, 5) is 7.51. The first kappa shape index (κ1) is 9.35. The molecule has 0 aliphatic rings. The van der Waals surface area contributed by atoms with Gasteiger partial charge in [0.1, 0.15) is 6.61 Å². The summed E-state index contributed by atoms with van der Waals surface area (Å²) >= 11 is 5.47. The van der Waals surface area contributed by atoms with E-state index in [2.05, 4.69) is 9.97 Å². The van der Waals surface area contributed by atoms with Gasteiger partial charge in [-0.05, 0) is 6.92 Å². The van der Waals surface area contributed by atoms with E-state index >= 15 is 0 Å². The van der Waals surface area contributed by atoms with Gasteiger partial charge < -0.3 is 4.74 Å². The first-order chi connectivity index (χ1) is 5.65. The zero-order valence-electron chi connectivity index (χ0n) is 6.77. The van der Waals surface area contributed by atoms with Crippen LogP contribution in [0.5, 0.6) is 0 Å². The number of hydrogen-bond donors (Lipinski definition) is 0. The van der Waals surface area contributed by atoms with Crippen LogP contribution in [0.3, 0.4) is 0 Å². The van der Waals surface area contributed by atoms with Gasteiger partial charge in [0, 0.05) is 7.11 Å². The molecule has 0 atom stereocenters. The molecule has 0 unspecified atom stereocenters. The van der Waals surface area contributed by atoms with E-state index < -0.39 is 5.82 Å². The summed E-state index contributed by atoms with van der Waals surface area (Å²) in [5, 5.41) is -0.158. The molecule has 1 rings (SSSR count). The maximum absolute atomic E-state index is 12.9. The highest BCUT2D eigenvalue weighted by atomic mass is 35.5. The summed E-state index contributed by atoms with van der Waals surface area (Å²) in [5.41, 5.74) is 0.238. The normalized spacial score (nSPS) is 10.3. The van der Waals surface area contributed by atoms with Crippen LogP contribution in [0.15, 0.2) is 0 Å². The molecule has 0 bridgehead atoms. The Morgan fingerprint density at radius 3 is 2.67 bits per heavy atom. The number of aryl methyl sites for hydroxylation is 1. The SMILES string of the molecule is COCc1nc(C)c(F)c(Cl)n1. The molecular weight excluding hydrogens is 183 g/mol. The standard InChI is InChI=1S/C7H8ClFN2O/c1-4-6(9)7(8)11-5(10-4)3-12-2/h3H2,1-2H3. The minimum Gasteiger partial charge on any atom is -0.377 e. The van der Waals surface area contributed by atoms with Crippen molar-refractivity contribution in [3.05, 3.63) is 22.5 Å². The summed E-state index contributed by atoms with van der Waals surface area (Å²) in [7, 11) is 1.51. The number of nitrogens with zero attached hydrogens (tertiary/aromatic N) is 2. The molecule has 0 fully saturated rings. The predicted octanol–water partition coefficient (Wildman–Crippen LogP) is 1.72.